The number of halogens is 2. The van der Waals surface area contributed by atoms with Gasteiger partial charge in [-0.25, -0.2) is 8.78 Å². The highest BCUT2D eigenvalue weighted by atomic mass is 19.2. The molecule has 4 heteroatoms. The quantitative estimate of drug-likeness (QED) is 0.616. The molecular weight excluding hydrogens is 212 g/mol. The molecule has 0 amide bonds. The number of carbonyl (C=O) groups excluding carboxylic acids is 1. The Morgan fingerprint density at radius 1 is 1.31 bits per heavy atom. The van der Waals surface area contributed by atoms with Gasteiger partial charge < -0.3 is 10.1 Å². The van der Waals surface area contributed by atoms with E-state index in [0.29, 0.717) is 12.1 Å². The fourth-order valence-electron chi connectivity index (χ4n) is 1.46. The molecule has 0 spiro atoms. The predicted molar refractivity (Wildman–Crippen MR) is 58.3 cm³/mol. The summed E-state index contributed by atoms with van der Waals surface area (Å²) in [4.78, 5) is 10.2. The summed E-state index contributed by atoms with van der Waals surface area (Å²) < 4.78 is 25.8. The molecule has 1 rings (SSSR count). The second-order valence-corrected chi connectivity index (χ2v) is 4.31. The summed E-state index contributed by atoms with van der Waals surface area (Å²) in [7, 11) is 0. The topological polar surface area (TPSA) is 29.1 Å². The van der Waals surface area contributed by atoms with Gasteiger partial charge in [0.25, 0.3) is 0 Å². The van der Waals surface area contributed by atoms with Crippen LogP contribution < -0.4 is 5.32 Å². The highest BCUT2D eigenvalue weighted by Gasteiger charge is 2.21. The van der Waals surface area contributed by atoms with Gasteiger partial charge in [0.05, 0.1) is 6.54 Å². The Kier molecular flexibility index (Phi) is 4.12. The minimum absolute atomic E-state index is 0.257. The lowest BCUT2D eigenvalue weighted by molar-refractivity contribution is -0.107. The van der Waals surface area contributed by atoms with Gasteiger partial charge >= 0.3 is 0 Å². The third kappa shape index (κ3) is 3.10. The molecule has 1 N–H and O–H groups in total. The highest BCUT2D eigenvalue weighted by molar-refractivity contribution is 5.51. The number of rotatable bonds is 5. The van der Waals surface area contributed by atoms with Crippen LogP contribution >= 0.6 is 0 Å². The van der Waals surface area contributed by atoms with Gasteiger partial charge in [-0.1, -0.05) is 19.9 Å². The first-order valence-corrected chi connectivity index (χ1v) is 5.07. The summed E-state index contributed by atoms with van der Waals surface area (Å²) in [6, 6.07) is 3.87. The molecule has 0 saturated heterocycles. The van der Waals surface area contributed by atoms with Crippen LogP contribution in [-0.4, -0.2) is 19.4 Å². The van der Waals surface area contributed by atoms with Crippen LogP contribution in [0.1, 0.15) is 19.4 Å². The van der Waals surface area contributed by atoms with Crippen LogP contribution in [0, 0.1) is 11.6 Å². The Bertz CT molecular complexity index is 377. The van der Waals surface area contributed by atoms with Crippen LogP contribution in [0.3, 0.4) is 0 Å². The second-order valence-electron chi connectivity index (χ2n) is 4.31. The first kappa shape index (κ1) is 12.8. The lowest BCUT2D eigenvalue weighted by Crippen LogP contribution is -2.34. The zero-order valence-corrected chi connectivity index (χ0v) is 9.39. The monoisotopic (exact) mass is 227 g/mol. The van der Waals surface area contributed by atoms with Crippen molar-refractivity contribution in [1.29, 1.82) is 0 Å². The number of hydrogen-bond donors (Lipinski definition) is 1. The SMILES string of the molecule is CC(C)(CNCC=O)c1ccc(F)c(F)c1. The Balaban J connectivity index is 2.80. The normalized spacial score (nSPS) is 11.5. The fraction of sp³-hybridized carbons (Fsp3) is 0.417. The average molecular weight is 227 g/mol. The molecule has 88 valence electrons. The summed E-state index contributed by atoms with van der Waals surface area (Å²) in [5, 5.41) is 2.92. The molecule has 0 fully saturated rings. The first-order chi connectivity index (χ1) is 7.47. The van der Waals surface area contributed by atoms with Gasteiger partial charge in [0.15, 0.2) is 11.6 Å². The van der Waals surface area contributed by atoms with Crippen molar-refractivity contribution in [2.45, 2.75) is 19.3 Å². The fourth-order valence-corrected chi connectivity index (χ4v) is 1.46. The molecule has 2 nitrogen and oxygen atoms in total. The summed E-state index contributed by atoms with van der Waals surface area (Å²) in [5.41, 5.74) is 0.349. The van der Waals surface area contributed by atoms with Crippen LogP contribution in [-0.2, 0) is 10.2 Å². The summed E-state index contributed by atoms with van der Waals surface area (Å²) in [6.45, 7) is 4.58. The lowest BCUT2D eigenvalue weighted by atomic mass is 9.84. The Labute approximate surface area is 93.7 Å². The van der Waals surface area contributed by atoms with E-state index in [1.807, 2.05) is 13.8 Å². The van der Waals surface area contributed by atoms with Crippen molar-refractivity contribution in [3.8, 4) is 0 Å². The molecule has 0 radical (unpaired) electrons. The summed E-state index contributed by atoms with van der Waals surface area (Å²) in [5.74, 6) is -1.69. The van der Waals surface area contributed by atoms with Gasteiger partial charge in [0.2, 0.25) is 0 Å². The van der Waals surface area contributed by atoms with Crippen molar-refractivity contribution in [3.63, 3.8) is 0 Å². The van der Waals surface area contributed by atoms with Gasteiger partial charge in [-0.05, 0) is 17.7 Å². The molecule has 0 aliphatic rings. The number of hydrogen-bond acceptors (Lipinski definition) is 2. The van der Waals surface area contributed by atoms with E-state index in [0.717, 1.165) is 12.4 Å². The first-order valence-electron chi connectivity index (χ1n) is 5.07. The molecule has 1 aromatic rings. The van der Waals surface area contributed by atoms with Gasteiger partial charge in [-0.15, -0.1) is 0 Å². The number of nitrogens with one attached hydrogen (secondary N) is 1. The summed E-state index contributed by atoms with van der Waals surface area (Å²) in [6.07, 6.45) is 0.765. The maximum Gasteiger partial charge on any atom is 0.159 e. The molecule has 0 bridgehead atoms. The Morgan fingerprint density at radius 3 is 2.56 bits per heavy atom. The van der Waals surface area contributed by atoms with Crippen LogP contribution in [0.2, 0.25) is 0 Å². The van der Waals surface area contributed by atoms with Crippen LogP contribution in [0.15, 0.2) is 18.2 Å². The van der Waals surface area contributed by atoms with Gasteiger partial charge in [-0.2, -0.15) is 0 Å². The Hall–Kier alpha value is -1.29. The van der Waals surface area contributed by atoms with E-state index in [2.05, 4.69) is 5.32 Å². The van der Waals surface area contributed by atoms with Gasteiger partial charge in [0.1, 0.15) is 6.29 Å². The zero-order valence-electron chi connectivity index (χ0n) is 9.39. The lowest BCUT2D eigenvalue weighted by Gasteiger charge is -2.25. The van der Waals surface area contributed by atoms with Crippen LogP contribution in [0.4, 0.5) is 8.78 Å². The number of benzene rings is 1. The predicted octanol–water partition coefficient (Wildman–Crippen LogP) is 2.03. The molecule has 0 unspecified atom stereocenters. The Morgan fingerprint density at radius 2 is 2.00 bits per heavy atom. The smallest absolute Gasteiger partial charge is 0.159 e. The maximum atomic E-state index is 13.0. The minimum atomic E-state index is -0.847. The van der Waals surface area contributed by atoms with Crippen LogP contribution in [0.25, 0.3) is 0 Å². The van der Waals surface area contributed by atoms with Crippen molar-refractivity contribution < 1.29 is 13.6 Å². The van der Waals surface area contributed by atoms with E-state index in [-0.39, 0.29) is 12.0 Å². The average Bonchev–Trinajstić information content (AvgIpc) is 2.22. The molecule has 16 heavy (non-hydrogen) atoms. The molecular formula is C12H15F2NO. The molecule has 0 heterocycles. The third-order valence-corrected chi connectivity index (χ3v) is 2.50. The van der Waals surface area contributed by atoms with E-state index in [9.17, 15) is 13.6 Å². The highest BCUT2D eigenvalue weighted by Crippen LogP contribution is 2.23. The van der Waals surface area contributed by atoms with Crippen molar-refractivity contribution in [1.82, 2.24) is 5.32 Å². The molecule has 0 saturated carbocycles. The third-order valence-electron chi connectivity index (χ3n) is 2.50. The standard InChI is InChI=1S/C12H15F2NO/c1-12(2,8-15-5-6-16)9-3-4-10(13)11(14)7-9/h3-4,6-7,15H,5,8H2,1-2H3. The van der Waals surface area contributed by atoms with Crippen molar-refractivity contribution in [3.05, 3.63) is 35.4 Å². The largest absolute Gasteiger partial charge is 0.309 e. The van der Waals surface area contributed by atoms with Crippen molar-refractivity contribution in [2.24, 2.45) is 0 Å². The maximum absolute atomic E-state index is 13.0. The van der Waals surface area contributed by atoms with E-state index in [1.165, 1.54) is 6.07 Å². The summed E-state index contributed by atoms with van der Waals surface area (Å²) >= 11 is 0. The minimum Gasteiger partial charge on any atom is -0.309 e. The van der Waals surface area contributed by atoms with Gasteiger partial charge in [0, 0.05) is 12.0 Å². The van der Waals surface area contributed by atoms with E-state index >= 15 is 0 Å². The van der Waals surface area contributed by atoms with E-state index < -0.39 is 11.6 Å². The molecule has 0 aromatic heterocycles. The molecule has 0 aliphatic carbocycles. The van der Waals surface area contributed by atoms with Crippen molar-refractivity contribution in [2.75, 3.05) is 13.1 Å². The van der Waals surface area contributed by atoms with Gasteiger partial charge in [-0.3, -0.25) is 0 Å². The number of aldehydes is 1. The van der Waals surface area contributed by atoms with Crippen LogP contribution in [0.5, 0.6) is 0 Å². The molecule has 0 atom stereocenters. The van der Waals surface area contributed by atoms with E-state index in [4.69, 9.17) is 0 Å². The van der Waals surface area contributed by atoms with Crippen molar-refractivity contribution >= 4 is 6.29 Å². The van der Waals surface area contributed by atoms with E-state index in [1.54, 1.807) is 6.07 Å². The second kappa shape index (κ2) is 5.16. The zero-order chi connectivity index (χ0) is 12.2. The number of carbonyl (C=O) groups is 1. The molecule has 1 aromatic carbocycles. The molecule has 0 aliphatic heterocycles.